The highest BCUT2D eigenvalue weighted by molar-refractivity contribution is 5.77. The fourth-order valence-electron chi connectivity index (χ4n) is 1.41. The van der Waals surface area contributed by atoms with Gasteiger partial charge in [0.15, 0.2) is 5.82 Å². The molecule has 1 atom stereocenters. The van der Waals surface area contributed by atoms with Crippen molar-refractivity contribution in [1.82, 2.24) is 9.97 Å². The Morgan fingerprint density at radius 2 is 2.31 bits per heavy atom. The lowest BCUT2D eigenvalue weighted by atomic mass is 9.96. The first-order chi connectivity index (χ1) is 6.09. The number of aromatic nitrogens is 2. The van der Waals surface area contributed by atoms with Crippen LogP contribution in [0.4, 0.5) is 5.82 Å². The minimum absolute atomic E-state index is 0.272. The van der Waals surface area contributed by atoms with Crippen LogP contribution in [0.2, 0.25) is 0 Å². The van der Waals surface area contributed by atoms with E-state index in [-0.39, 0.29) is 6.04 Å². The van der Waals surface area contributed by atoms with Gasteiger partial charge in [0.25, 0.3) is 0 Å². The number of nitrogens with one attached hydrogen (secondary N) is 2. The maximum absolute atomic E-state index is 9.82. The number of aromatic amines is 1. The van der Waals surface area contributed by atoms with E-state index in [9.17, 15) is 5.11 Å². The lowest BCUT2D eigenvalue weighted by Gasteiger charge is -2.27. The quantitative estimate of drug-likeness (QED) is 0.595. The van der Waals surface area contributed by atoms with Crippen LogP contribution in [0.3, 0.4) is 0 Å². The van der Waals surface area contributed by atoms with Crippen LogP contribution in [0, 0.1) is 0 Å². The van der Waals surface area contributed by atoms with Crippen molar-refractivity contribution in [2.24, 2.45) is 4.99 Å². The predicted molar refractivity (Wildman–Crippen MR) is 49.7 cm³/mol. The Morgan fingerprint density at radius 1 is 1.54 bits per heavy atom. The molecular formula is C8H12N4O. The van der Waals surface area contributed by atoms with Crippen molar-refractivity contribution in [2.45, 2.75) is 25.5 Å². The summed E-state index contributed by atoms with van der Waals surface area (Å²) in [6.45, 7) is 3.45. The number of aliphatic hydroxyl groups is 1. The number of hydrogen-bond donors (Lipinski definition) is 3. The average molecular weight is 180 g/mol. The summed E-state index contributed by atoms with van der Waals surface area (Å²) in [5.41, 5.74) is -0.0464. The van der Waals surface area contributed by atoms with Crippen LogP contribution in [0.5, 0.6) is 0 Å². The molecule has 0 bridgehead atoms. The van der Waals surface area contributed by atoms with Crippen molar-refractivity contribution >= 4 is 12.2 Å². The molecule has 0 aliphatic carbocycles. The summed E-state index contributed by atoms with van der Waals surface area (Å²) < 4.78 is 0. The molecule has 1 aliphatic rings. The second-order valence-corrected chi connectivity index (χ2v) is 3.64. The van der Waals surface area contributed by atoms with Crippen LogP contribution in [0.25, 0.3) is 0 Å². The van der Waals surface area contributed by atoms with Crippen LogP contribution < -0.4 is 5.32 Å². The van der Waals surface area contributed by atoms with E-state index in [2.05, 4.69) is 20.3 Å². The lowest BCUT2D eigenvalue weighted by molar-refractivity contribution is 0.0514. The van der Waals surface area contributed by atoms with Crippen molar-refractivity contribution in [3.63, 3.8) is 0 Å². The summed E-state index contributed by atoms with van der Waals surface area (Å²) in [5, 5.41) is 12.7. The minimum Gasteiger partial charge on any atom is -0.388 e. The van der Waals surface area contributed by atoms with Gasteiger partial charge in [-0.25, -0.2) is 4.98 Å². The molecular weight excluding hydrogens is 168 g/mol. The van der Waals surface area contributed by atoms with Crippen LogP contribution in [-0.4, -0.2) is 27.0 Å². The van der Waals surface area contributed by atoms with Crippen LogP contribution in [-0.2, 0) is 0 Å². The first-order valence-electron chi connectivity index (χ1n) is 4.13. The molecule has 3 N–H and O–H groups in total. The molecule has 2 rings (SSSR count). The molecule has 70 valence electrons. The van der Waals surface area contributed by atoms with Crippen molar-refractivity contribution in [2.75, 3.05) is 5.32 Å². The Balaban J connectivity index is 2.41. The number of anilines is 1. The van der Waals surface area contributed by atoms with Crippen LogP contribution in [0.1, 0.15) is 25.6 Å². The molecule has 0 fully saturated rings. The SMILES string of the molecule is CC(C)(O)C1N=CNc2nc[nH]c21. The molecule has 0 saturated heterocycles. The standard InChI is InChI=1S/C8H12N4O/c1-8(2,13)6-5-7(11-3-9-5)12-4-10-6/h3-4,6,13H,1-2H3,(H,9,11)(H,10,12). The van der Waals surface area contributed by atoms with Crippen molar-refractivity contribution in [1.29, 1.82) is 0 Å². The van der Waals surface area contributed by atoms with Gasteiger partial charge in [0, 0.05) is 0 Å². The van der Waals surface area contributed by atoms with E-state index in [1.807, 2.05) is 0 Å². The molecule has 5 nitrogen and oxygen atoms in total. The molecule has 0 saturated carbocycles. The van der Waals surface area contributed by atoms with Gasteiger partial charge >= 0.3 is 0 Å². The van der Waals surface area contributed by atoms with Gasteiger partial charge in [-0.2, -0.15) is 0 Å². The maximum atomic E-state index is 9.82. The maximum Gasteiger partial charge on any atom is 0.154 e. The zero-order chi connectivity index (χ0) is 9.47. The third-order valence-corrected chi connectivity index (χ3v) is 2.04. The first kappa shape index (κ1) is 8.25. The molecule has 0 spiro atoms. The zero-order valence-corrected chi connectivity index (χ0v) is 7.57. The smallest absolute Gasteiger partial charge is 0.154 e. The Hall–Kier alpha value is -1.36. The lowest BCUT2D eigenvalue weighted by Crippen LogP contribution is -2.30. The summed E-state index contributed by atoms with van der Waals surface area (Å²) in [6.07, 6.45) is 3.15. The zero-order valence-electron chi connectivity index (χ0n) is 7.57. The van der Waals surface area contributed by atoms with E-state index in [0.717, 1.165) is 11.5 Å². The fourth-order valence-corrected chi connectivity index (χ4v) is 1.41. The predicted octanol–water partition coefficient (Wildman–Crippen LogP) is 0.675. The summed E-state index contributed by atoms with van der Waals surface area (Å²) in [4.78, 5) is 11.2. The van der Waals surface area contributed by atoms with Crippen LogP contribution in [0.15, 0.2) is 11.3 Å². The number of rotatable bonds is 1. The summed E-state index contributed by atoms with van der Waals surface area (Å²) in [7, 11) is 0. The second kappa shape index (κ2) is 2.56. The molecule has 1 aromatic rings. The monoisotopic (exact) mass is 180 g/mol. The fraction of sp³-hybridized carbons (Fsp3) is 0.500. The van der Waals surface area contributed by atoms with E-state index >= 15 is 0 Å². The van der Waals surface area contributed by atoms with E-state index in [4.69, 9.17) is 0 Å². The van der Waals surface area contributed by atoms with Gasteiger partial charge in [0.2, 0.25) is 0 Å². The first-order valence-corrected chi connectivity index (χ1v) is 4.13. The molecule has 2 heterocycles. The highest BCUT2D eigenvalue weighted by Gasteiger charge is 2.32. The Kier molecular flexibility index (Phi) is 1.63. The Morgan fingerprint density at radius 3 is 3.00 bits per heavy atom. The second-order valence-electron chi connectivity index (χ2n) is 3.64. The van der Waals surface area contributed by atoms with Crippen molar-refractivity contribution < 1.29 is 5.11 Å². The summed E-state index contributed by atoms with van der Waals surface area (Å²) in [5.74, 6) is 0.738. The van der Waals surface area contributed by atoms with E-state index in [1.54, 1.807) is 26.5 Å². The summed E-state index contributed by atoms with van der Waals surface area (Å²) >= 11 is 0. The third-order valence-electron chi connectivity index (χ3n) is 2.04. The Labute approximate surface area is 75.9 Å². The largest absolute Gasteiger partial charge is 0.388 e. The third kappa shape index (κ3) is 1.31. The van der Waals surface area contributed by atoms with E-state index < -0.39 is 5.60 Å². The van der Waals surface area contributed by atoms with Crippen molar-refractivity contribution in [3.8, 4) is 0 Å². The number of fused-ring (bicyclic) bond motifs is 1. The van der Waals surface area contributed by atoms with Gasteiger partial charge in [-0.05, 0) is 13.8 Å². The van der Waals surface area contributed by atoms with Crippen LogP contribution >= 0.6 is 0 Å². The molecule has 0 aromatic carbocycles. The number of aliphatic imine (C=N–C) groups is 1. The molecule has 13 heavy (non-hydrogen) atoms. The normalized spacial score (nSPS) is 21.0. The Bertz CT molecular complexity index is 336. The summed E-state index contributed by atoms with van der Waals surface area (Å²) in [6, 6.07) is -0.272. The molecule has 0 radical (unpaired) electrons. The van der Waals surface area contributed by atoms with Gasteiger partial charge in [0.1, 0.15) is 6.04 Å². The van der Waals surface area contributed by atoms with Gasteiger partial charge in [0.05, 0.1) is 24.0 Å². The molecule has 1 aromatic heterocycles. The molecule has 0 amide bonds. The van der Waals surface area contributed by atoms with E-state index in [0.29, 0.717) is 0 Å². The van der Waals surface area contributed by atoms with Crippen molar-refractivity contribution in [3.05, 3.63) is 12.0 Å². The van der Waals surface area contributed by atoms with E-state index in [1.165, 1.54) is 0 Å². The van der Waals surface area contributed by atoms with Gasteiger partial charge in [-0.1, -0.05) is 0 Å². The van der Waals surface area contributed by atoms with Gasteiger partial charge < -0.3 is 15.4 Å². The number of imidazole rings is 1. The average Bonchev–Trinajstić information content (AvgIpc) is 2.48. The minimum atomic E-state index is -0.875. The number of nitrogens with zero attached hydrogens (tertiary/aromatic N) is 2. The molecule has 1 unspecified atom stereocenters. The molecule has 1 aliphatic heterocycles. The number of H-pyrrole nitrogens is 1. The molecule has 5 heteroatoms. The highest BCUT2D eigenvalue weighted by Crippen LogP contribution is 2.33. The van der Waals surface area contributed by atoms with Gasteiger partial charge in [-0.3, -0.25) is 4.99 Å². The van der Waals surface area contributed by atoms with Gasteiger partial charge in [-0.15, -0.1) is 0 Å². The highest BCUT2D eigenvalue weighted by atomic mass is 16.3. The topological polar surface area (TPSA) is 73.3 Å². The number of hydrogen-bond acceptors (Lipinski definition) is 4.